The van der Waals surface area contributed by atoms with E-state index in [1.807, 2.05) is 37.5 Å². The van der Waals surface area contributed by atoms with E-state index in [4.69, 9.17) is 0 Å². The lowest BCUT2D eigenvalue weighted by Crippen LogP contribution is -1.97. The number of nitrogens with zero attached hydrogens (tertiary/aromatic N) is 3. The van der Waals surface area contributed by atoms with Crippen LogP contribution in [-0.4, -0.2) is 22.0 Å². The molecule has 2 heterocycles. The van der Waals surface area contributed by atoms with E-state index in [0.717, 1.165) is 28.0 Å². The Morgan fingerprint density at radius 1 is 1.00 bits per heavy atom. The fourth-order valence-corrected chi connectivity index (χ4v) is 1.93. The molecule has 3 rings (SSSR count). The average molecular weight is 236 g/mol. The van der Waals surface area contributed by atoms with Crippen LogP contribution in [0, 0.1) is 0 Å². The smallest absolute Gasteiger partial charge is 0.152 e. The molecule has 0 aliphatic heterocycles. The molecule has 0 saturated carbocycles. The molecule has 0 saturated heterocycles. The molecule has 0 aliphatic rings. The number of para-hydroxylation sites is 1. The number of pyridine rings is 1. The highest BCUT2D eigenvalue weighted by Crippen LogP contribution is 2.25. The van der Waals surface area contributed by atoms with E-state index >= 15 is 0 Å². The van der Waals surface area contributed by atoms with Crippen molar-refractivity contribution in [3.63, 3.8) is 0 Å². The van der Waals surface area contributed by atoms with Gasteiger partial charge in [0.25, 0.3) is 0 Å². The number of hydrogen-bond donors (Lipinski definition) is 1. The number of aromatic nitrogens is 3. The topological polar surface area (TPSA) is 50.7 Å². The number of rotatable bonds is 2. The van der Waals surface area contributed by atoms with Crippen LogP contribution in [0.5, 0.6) is 0 Å². The van der Waals surface area contributed by atoms with E-state index in [9.17, 15) is 0 Å². The molecule has 0 spiro atoms. The van der Waals surface area contributed by atoms with Crippen LogP contribution in [-0.2, 0) is 0 Å². The Morgan fingerprint density at radius 2 is 1.83 bits per heavy atom. The maximum Gasteiger partial charge on any atom is 0.152 e. The van der Waals surface area contributed by atoms with Gasteiger partial charge in [0.05, 0.1) is 5.52 Å². The van der Waals surface area contributed by atoms with E-state index in [-0.39, 0.29) is 0 Å². The Bertz CT molecular complexity index is 694. The largest absolute Gasteiger partial charge is 0.371 e. The van der Waals surface area contributed by atoms with Gasteiger partial charge in [-0.25, -0.2) is 4.98 Å². The van der Waals surface area contributed by atoms with Crippen LogP contribution in [0.1, 0.15) is 0 Å². The Labute approximate surface area is 105 Å². The zero-order chi connectivity index (χ0) is 12.4. The Morgan fingerprint density at radius 3 is 2.72 bits per heavy atom. The van der Waals surface area contributed by atoms with Crippen molar-refractivity contribution in [2.45, 2.75) is 0 Å². The van der Waals surface area contributed by atoms with Gasteiger partial charge < -0.3 is 5.32 Å². The second-order valence-corrected chi connectivity index (χ2v) is 3.92. The van der Waals surface area contributed by atoms with Gasteiger partial charge in [0, 0.05) is 36.6 Å². The molecule has 0 atom stereocenters. The minimum absolute atomic E-state index is 0.759. The second kappa shape index (κ2) is 4.41. The summed E-state index contributed by atoms with van der Waals surface area (Å²) in [5.74, 6) is 0.759. The van der Waals surface area contributed by atoms with Gasteiger partial charge in [-0.2, -0.15) is 0 Å². The summed E-state index contributed by atoms with van der Waals surface area (Å²) in [6.07, 6.45) is 5.18. The first-order valence-corrected chi connectivity index (χ1v) is 5.72. The molecule has 1 N–H and O–H groups in total. The van der Waals surface area contributed by atoms with E-state index in [2.05, 4.69) is 26.3 Å². The molecule has 0 unspecified atom stereocenters. The maximum atomic E-state index is 4.44. The highest BCUT2D eigenvalue weighted by Gasteiger charge is 2.07. The van der Waals surface area contributed by atoms with Crippen molar-refractivity contribution >= 4 is 16.7 Å². The second-order valence-electron chi connectivity index (χ2n) is 3.92. The molecule has 0 bridgehead atoms. The molecule has 0 radical (unpaired) electrons. The van der Waals surface area contributed by atoms with Crippen LogP contribution in [0.4, 0.5) is 5.82 Å². The van der Waals surface area contributed by atoms with Crippen molar-refractivity contribution in [1.29, 1.82) is 0 Å². The van der Waals surface area contributed by atoms with Crippen molar-refractivity contribution in [3.8, 4) is 11.3 Å². The van der Waals surface area contributed by atoms with Crippen LogP contribution < -0.4 is 5.32 Å². The summed E-state index contributed by atoms with van der Waals surface area (Å²) in [6, 6.07) is 10.1. The van der Waals surface area contributed by atoms with Crippen molar-refractivity contribution in [2.75, 3.05) is 12.4 Å². The average Bonchev–Trinajstić information content (AvgIpc) is 2.46. The number of anilines is 1. The number of fused-ring (bicyclic) bond motifs is 1. The molecule has 18 heavy (non-hydrogen) atoms. The van der Waals surface area contributed by atoms with Crippen LogP contribution >= 0.6 is 0 Å². The van der Waals surface area contributed by atoms with Crippen LogP contribution in [0.25, 0.3) is 22.2 Å². The molecule has 4 heteroatoms. The number of benzene rings is 1. The monoisotopic (exact) mass is 236 g/mol. The van der Waals surface area contributed by atoms with Gasteiger partial charge in [-0.15, -0.1) is 0 Å². The van der Waals surface area contributed by atoms with Crippen molar-refractivity contribution in [1.82, 2.24) is 15.0 Å². The minimum atomic E-state index is 0.759. The summed E-state index contributed by atoms with van der Waals surface area (Å²) < 4.78 is 0. The van der Waals surface area contributed by atoms with Crippen LogP contribution in [0.2, 0.25) is 0 Å². The fraction of sp³-hybridized carbons (Fsp3) is 0.0714. The zero-order valence-corrected chi connectivity index (χ0v) is 9.96. The van der Waals surface area contributed by atoms with E-state index in [1.54, 1.807) is 12.4 Å². The Kier molecular flexibility index (Phi) is 2.61. The molecule has 0 amide bonds. The predicted octanol–water partition coefficient (Wildman–Crippen LogP) is 2.73. The van der Waals surface area contributed by atoms with Crippen molar-refractivity contribution in [2.24, 2.45) is 0 Å². The van der Waals surface area contributed by atoms with E-state index < -0.39 is 0 Å². The third-order valence-corrected chi connectivity index (χ3v) is 2.80. The van der Waals surface area contributed by atoms with Crippen molar-refractivity contribution in [3.05, 3.63) is 48.9 Å². The number of hydrogen-bond acceptors (Lipinski definition) is 4. The third kappa shape index (κ3) is 1.78. The van der Waals surface area contributed by atoms with Gasteiger partial charge in [0.15, 0.2) is 5.82 Å². The normalized spacial score (nSPS) is 10.5. The number of nitrogens with one attached hydrogen (secondary N) is 1. The zero-order valence-electron chi connectivity index (χ0n) is 9.96. The van der Waals surface area contributed by atoms with E-state index in [0.29, 0.717) is 0 Å². The van der Waals surface area contributed by atoms with Gasteiger partial charge in [0.2, 0.25) is 0 Å². The highest BCUT2D eigenvalue weighted by atomic mass is 15.0. The van der Waals surface area contributed by atoms with Gasteiger partial charge in [-0.05, 0) is 12.1 Å². The quantitative estimate of drug-likeness (QED) is 0.743. The lowest BCUT2D eigenvalue weighted by molar-refractivity contribution is 1.19. The van der Waals surface area contributed by atoms with Crippen LogP contribution in [0.15, 0.2) is 48.9 Å². The fourth-order valence-electron chi connectivity index (χ4n) is 1.93. The Hall–Kier alpha value is -2.49. The summed E-state index contributed by atoms with van der Waals surface area (Å²) in [5.41, 5.74) is 2.76. The van der Waals surface area contributed by atoms with Gasteiger partial charge >= 0.3 is 0 Å². The maximum absolute atomic E-state index is 4.44. The summed E-state index contributed by atoms with van der Waals surface area (Å²) in [6.45, 7) is 0. The molecular weight excluding hydrogens is 224 g/mol. The van der Waals surface area contributed by atoms with Gasteiger partial charge in [-0.3, -0.25) is 9.97 Å². The molecule has 88 valence electrons. The molecular formula is C14H12N4. The summed E-state index contributed by atoms with van der Waals surface area (Å²) in [7, 11) is 1.84. The third-order valence-electron chi connectivity index (χ3n) is 2.80. The summed E-state index contributed by atoms with van der Waals surface area (Å²) >= 11 is 0. The van der Waals surface area contributed by atoms with Crippen molar-refractivity contribution < 1.29 is 0 Å². The van der Waals surface area contributed by atoms with Gasteiger partial charge in [0.1, 0.15) is 5.69 Å². The first-order valence-electron chi connectivity index (χ1n) is 5.72. The molecule has 3 aromatic rings. The summed E-state index contributed by atoms with van der Waals surface area (Å²) in [5, 5.41) is 4.14. The highest BCUT2D eigenvalue weighted by molar-refractivity contribution is 5.84. The molecule has 2 aromatic heterocycles. The Balaban J connectivity index is 2.19. The SMILES string of the molecule is CNc1nccnc1-c1cnc2ccccc2c1. The minimum Gasteiger partial charge on any atom is -0.371 e. The predicted molar refractivity (Wildman–Crippen MR) is 72.3 cm³/mol. The standard InChI is InChI=1S/C14H12N4/c1-15-14-13(16-6-7-17-14)11-8-10-4-2-3-5-12(10)18-9-11/h2-9H,1H3,(H,15,17). The molecule has 4 nitrogen and oxygen atoms in total. The summed E-state index contributed by atoms with van der Waals surface area (Å²) in [4.78, 5) is 13.1. The first-order chi connectivity index (χ1) is 8.88. The van der Waals surface area contributed by atoms with Crippen LogP contribution in [0.3, 0.4) is 0 Å². The van der Waals surface area contributed by atoms with Gasteiger partial charge in [-0.1, -0.05) is 18.2 Å². The first kappa shape index (κ1) is 10.7. The lowest BCUT2D eigenvalue weighted by atomic mass is 10.1. The molecule has 0 fully saturated rings. The molecule has 0 aliphatic carbocycles. The lowest BCUT2D eigenvalue weighted by Gasteiger charge is -2.07. The molecule has 1 aromatic carbocycles. The van der Waals surface area contributed by atoms with E-state index in [1.165, 1.54) is 0 Å².